The van der Waals surface area contributed by atoms with Crippen LogP contribution in [0.15, 0.2) is 113 Å². The van der Waals surface area contributed by atoms with Gasteiger partial charge in [-0.15, -0.1) is 0 Å². The molecule has 0 radical (unpaired) electrons. The summed E-state index contributed by atoms with van der Waals surface area (Å²) in [5, 5.41) is 12.0. The SMILES string of the molecule is O=[N+]([O-])c1ccc(S(=O)(=O)N(C(=Nc2ccc(Cl)cc2)c2ccccc2)c2ccc(Cl)cc2)cc1. The Morgan fingerprint density at radius 1 is 0.771 bits per heavy atom. The van der Waals surface area contributed by atoms with Gasteiger partial charge in [-0.1, -0.05) is 53.5 Å². The van der Waals surface area contributed by atoms with Gasteiger partial charge in [-0.05, 0) is 60.7 Å². The fraction of sp³-hybridized carbons (Fsp3) is 0. The first-order valence-corrected chi connectivity index (χ1v) is 12.4. The number of aliphatic imine (C=N–C) groups is 1. The zero-order chi connectivity index (χ0) is 25.0. The van der Waals surface area contributed by atoms with Crippen LogP contribution in [0.4, 0.5) is 17.1 Å². The fourth-order valence-electron chi connectivity index (χ4n) is 3.25. The smallest absolute Gasteiger partial charge is 0.258 e. The highest BCUT2D eigenvalue weighted by atomic mass is 35.5. The van der Waals surface area contributed by atoms with Crippen molar-refractivity contribution in [2.45, 2.75) is 4.90 Å². The van der Waals surface area contributed by atoms with E-state index in [1.165, 1.54) is 12.1 Å². The lowest BCUT2D eigenvalue weighted by atomic mass is 10.2. The molecule has 0 spiro atoms. The number of halogens is 2. The van der Waals surface area contributed by atoms with Crippen molar-refractivity contribution in [1.29, 1.82) is 0 Å². The lowest BCUT2D eigenvalue weighted by Gasteiger charge is -2.26. The van der Waals surface area contributed by atoms with E-state index in [9.17, 15) is 18.5 Å². The molecule has 0 fully saturated rings. The molecule has 0 aliphatic rings. The van der Waals surface area contributed by atoms with Crippen LogP contribution < -0.4 is 4.31 Å². The summed E-state index contributed by atoms with van der Waals surface area (Å²) in [6.45, 7) is 0. The Kier molecular flexibility index (Phi) is 7.16. The van der Waals surface area contributed by atoms with Crippen molar-refractivity contribution in [1.82, 2.24) is 0 Å². The van der Waals surface area contributed by atoms with Crippen molar-refractivity contribution in [2.75, 3.05) is 4.31 Å². The highest BCUT2D eigenvalue weighted by Gasteiger charge is 2.31. The van der Waals surface area contributed by atoms with Gasteiger partial charge in [0, 0.05) is 27.7 Å². The van der Waals surface area contributed by atoms with E-state index in [2.05, 4.69) is 4.99 Å². The Hall–Kier alpha value is -3.72. The number of rotatable bonds is 6. The average Bonchev–Trinajstić information content (AvgIpc) is 2.86. The van der Waals surface area contributed by atoms with Crippen molar-refractivity contribution in [3.8, 4) is 0 Å². The third-order valence-corrected chi connectivity index (χ3v) is 7.17. The van der Waals surface area contributed by atoms with Gasteiger partial charge in [-0.3, -0.25) is 10.1 Å². The number of nitro benzene ring substituents is 1. The molecule has 4 rings (SSSR count). The lowest BCUT2D eigenvalue weighted by molar-refractivity contribution is -0.384. The van der Waals surface area contributed by atoms with Gasteiger partial charge in [0.15, 0.2) is 5.84 Å². The quantitative estimate of drug-likeness (QED) is 0.119. The second-order valence-electron chi connectivity index (χ2n) is 7.27. The van der Waals surface area contributed by atoms with E-state index in [1.807, 2.05) is 0 Å². The summed E-state index contributed by atoms with van der Waals surface area (Å²) in [4.78, 5) is 15.0. The molecule has 4 aromatic rings. The third-order valence-electron chi connectivity index (χ3n) is 4.93. The molecule has 0 heterocycles. The van der Waals surface area contributed by atoms with Gasteiger partial charge in [0.05, 0.1) is 21.2 Å². The number of anilines is 1. The Morgan fingerprint density at radius 3 is 1.86 bits per heavy atom. The first kappa shape index (κ1) is 24.4. The molecular formula is C25H17Cl2N3O4S. The molecular weight excluding hydrogens is 509 g/mol. The molecule has 7 nitrogen and oxygen atoms in total. The highest BCUT2D eigenvalue weighted by Crippen LogP contribution is 2.30. The minimum absolute atomic E-state index is 0.119. The Balaban J connectivity index is 1.96. The zero-order valence-corrected chi connectivity index (χ0v) is 20.3. The summed E-state index contributed by atoms with van der Waals surface area (Å²) in [7, 11) is -4.27. The Bertz CT molecular complexity index is 1480. The molecule has 0 N–H and O–H groups in total. The minimum atomic E-state index is -4.27. The van der Waals surface area contributed by atoms with Crippen molar-refractivity contribution >= 4 is 56.1 Å². The Labute approximate surface area is 212 Å². The molecule has 10 heteroatoms. The predicted octanol–water partition coefficient (Wildman–Crippen LogP) is 6.88. The second-order valence-corrected chi connectivity index (χ2v) is 9.93. The van der Waals surface area contributed by atoms with Gasteiger partial charge in [0.1, 0.15) is 0 Å². The van der Waals surface area contributed by atoms with Crippen LogP contribution >= 0.6 is 23.2 Å². The largest absolute Gasteiger partial charge is 0.269 e. The minimum Gasteiger partial charge on any atom is -0.258 e. The van der Waals surface area contributed by atoms with Crippen molar-refractivity contribution in [3.63, 3.8) is 0 Å². The molecule has 0 bridgehead atoms. The summed E-state index contributed by atoms with van der Waals surface area (Å²) in [5.74, 6) is 0.119. The van der Waals surface area contributed by atoms with Crippen molar-refractivity contribution in [2.24, 2.45) is 4.99 Å². The fourth-order valence-corrected chi connectivity index (χ4v) is 4.96. The van der Waals surface area contributed by atoms with Gasteiger partial charge in [-0.2, -0.15) is 0 Å². The molecule has 0 aliphatic carbocycles. The van der Waals surface area contributed by atoms with E-state index in [-0.39, 0.29) is 22.1 Å². The van der Waals surface area contributed by atoms with E-state index < -0.39 is 14.9 Å². The first-order chi connectivity index (χ1) is 16.8. The van der Waals surface area contributed by atoms with Crippen LogP contribution in [0.25, 0.3) is 0 Å². The summed E-state index contributed by atoms with van der Waals surface area (Å²) >= 11 is 12.1. The van der Waals surface area contributed by atoms with E-state index in [4.69, 9.17) is 23.2 Å². The van der Waals surface area contributed by atoms with Crippen LogP contribution in [0.2, 0.25) is 10.0 Å². The predicted molar refractivity (Wildman–Crippen MR) is 138 cm³/mol. The van der Waals surface area contributed by atoms with Crippen molar-refractivity contribution < 1.29 is 13.3 Å². The van der Waals surface area contributed by atoms with Gasteiger partial charge >= 0.3 is 0 Å². The van der Waals surface area contributed by atoms with Gasteiger partial charge in [-0.25, -0.2) is 17.7 Å². The van der Waals surface area contributed by atoms with Crippen LogP contribution in [-0.2, 0) is 10.0 Å². The normalized spacial score (nSPS) is 11.8. The topological polar surface area (TPSA) is 92.9 Å². The number of nitrogens with zero attached hydrogens (tertiary/aromatic N) is 3. The zero-order valence-electron chi connectivity index (χ0n) is 18.0. The first-order valence-electron chi connectivity index (χ1n) is 10.2. The molecule has 0 saturated carbocycles. The second kappa shape index (κ2) is 10.3. The van der Waals surface area contributed by atoms with E-state index in [0.29, 0.717) is 21.3 Å². The maximum absolute atomic E-state index is 14.0. The third kappa shape index (κ3) is 5.51. The van der Waals surface area contributed by atoms with Crippen LogP contribution in [0.3, 0.4) is 0 Å². The summed E-state index contributed by atoms with van der Waals surface area (Å²) in [5.41, 5.74) is 1.07. The summed E-state index contributed by atoms with van der Waals surface area (Å²) < 4.78 is 29.0. The molecule has 0 atom stereocenters. The maximum Gasteiger partial charge on any atom is 0.269 e. The lowest BCUT2D eigenvalue weighted by Crippen LogP contribution is -2.37. The van der Waals surface area contributed by atoms with Crippen LogP contribution in [0, 0.1) is 10.1 Å². The summed E-state index contributed by atoms with van der Waals surface area (Å²) in [6, 6.07) is 26.4. The molecule has 0 saturated heterocycles. The number of hydrogen-bond acceptors (Lipinski definition) is 5. The van der Waals surface area contributed by atoms with E-state index >= 15 is 0 Å². The number of sulfonamides is 1. The molecule has 35 heavy (non-hydrogen) atoms. The molecule has 0 unspecified atom stereocenters. The van der Waals surface area contributed by atoms with Crippen LogP contribution in [0.1, 0.15) is 5.56 Å². The number of non-ortho nitro benzene ring substituents is 1. The Morgan fingerprint density at radius 2 is 1.31 bits per heavy atom. The molecule has 0 amide bonds. The van der Waals surface area contributed by atoms with Gasteiger partial charge in [0.25, 0.3) is 15.7 Å². The van der Waals surface area contributed by atoms with Gasteiger partial charge in [0.2, 0.25) is 0 Å². The van der Waals surface area contributed by atoms with Crippen LogP contribution in [0.5, 0.6) is 0 Å². The van der Waals surface area contributed by atoms with Gasteiger partial charge < -0.3 is 0 Å². The monoisotopic (exact) mass is 525 g/mol. The van der Waals surface area contributed by atoms with E-state index in [1.54, 1.807) is 78.9 Å². The molecule has 4 aromatic carbocycles. The summed E-state index contributed by atoms with van der Waals surface area (Å²) in [6.07, 6.45) is 0. The van der Waals surface area contributed by atoms with E-state index in [0.717, 1.165) is 16.4 Å². The maximum atomic E-state index is 14.0. The number of benzene rings is 4. The average molecular weight is 526 g/mol. The number of amidine groups is 1. The molecule has 0 aliphatic heterocycles. The standard InChI is InChI=1S/C25H17Cl2N3O4S/c26-19-6-10-21(11-7-19)28-25(18-4-2-1-3-5-18)29(22-12-8-20(27)9-13-22)35(33,34)24-16-14-23(15-17-24)30(31)32/h1-17H. The highest BCUT2D eigenvalue weighted by molar-refractivity contribution is 7.93. The number of hydrogen-bond donors (Lipinski definition) is 0. The number of nitro groups is 1. The molecule has 0 aromatic heterocycles. The van der Waals surface area contributed by atoms with Crippen LogP contribution in [-0.4, -0.2) is 19.2 Å². The van der Waals surface area contributed by atoms with Crippen molar-refractivity contribution in [3.05, 3.63) is 129 Å². The molecule has 176 valence electrons.